The highest BCUT2D eigenvalue weighted by molar-refractivity contribution is 5.77. The molecule has 0 saturated heterocycles. The summed E-state index contributed by atoms with van der Waals surface area (Å²) in [5.74, 6) is 0.198. The molecule has 0 atom stereocenters. The quantitative estimate of drug-likeness (QED) is 0.565. The lowest BCUT2D eigenvalue weighted by atomic mass is 10.2. The third kappa shape index (κ3) is 4.34. The zero-order valence-electron chi connectivity index (χ0n) is 11.9. The van der Waals surface area contributed by atoms with Crippen molar-refractivity contribution in [2.24, 2.45) is 0 Å². The Bertz CT molecular complexity index is 529. The molecular weight excluding hydrogens is 274 g/mol. The summed E-state index contributed by atoms with van der Waals surface area (Å²) >= 11 is 0. The minimum absolute atomic E-state index is 0.0337. The summed E-state index contributed by atoms with van der Waals surface area (Å²) in [4.78, 5) is 22.3. The van der Waals surface area contributed by atoms with E-state index in [1.807, 2.05) is 0 Å². The van der Waals surface area contributed by atoms with Crippen molar-refractivity contribution in [2.75, 3.05) is 18.5 Å². The fourth-order valence-electron chi connectivity index (χ4n) is 1.96. The molecule has 0 aromatic heterocycles. The van der Waals surface area contributed by atoms with E-state index >= 15 is 0 Å². The van der Waals surface area contributed by atoms with Crippen molar-refractivity contribution < 1.29 is 14.5 Å². The van der Waals surface area contributed by atoms with E-state index in [1.165, 1.54) is 0 Å². The lowest BCUT2D eigenvalue weighted by Gasteiger charge is -2.10. The van der Waals surface area contributed by atoms with Gasteiger partial charge in [-0.05, 0) is 31.9 Å². The first kappa shape index (κ1) is 15.1. The van der Waals surface area contributed by atoms with Gasteiger partial charge in [0.15, 0.2) is 5.75 Å². The molecular formula is C14H19N3O4. The molecule has 0 bridgehead atoms. The number of ether oxygens (including phenoxy) is 1. The molecule has 0 spiro atoms. The van der Waals surface area contributed by atoms with Crippen LogP contribution in [0.5, 0.6) is 5.75 Å². The summed E-state index contributed by atoms with van der Waals surface area (Å²) in [6.45, 7) is 2.47. The summed E-state index contributed by atoms with van der Waals surface area (Å²) in [7, 11) is 0. The molecule has 1 aromatic carbocycles. The highest BCUT2D eigenvalue weighted by Crippen LogP contribution is 2.34. The summed E-state index contributed by atoms with van der Waals surface area (Å²) in [5.41, 5.74) is 0.270. The van der Waals surface area contributed by atoms with E-state index < -0.39 is 4.92 Å². The first-order valence-electron chi connectivity index (χ1n) is 7.05. The van der Waals surface area contributed by atoms with E-state index in [-0.39, 0.29) is 23.8 Å². The van der Waals surface area contributed by atoms with E-state index in [0.29, 0.717) is 24.9 Å². The van der Waals surface area contributed by atoms with Gasteiger partial charge >= 0.3 is 5.69 Å². The number of carbonyl (C=O) groups excluding carboxylic acids is 1. The van der Waals surface area contributed by atoms with Crippen LogP contribution >= 0.6 is 0 Å². The van der Waals surface area contributed by atoms with Crippen LogP contribution in [-0.2, 0) is 4.79 Å². The summed E-state index contributed by atoms with van der Waals surface area (Å²) in [6, 6.07) is 5.18. The molecule has 114 valence electrons. The van der Waals surface area contributed by atoms with Gasteiger partial charge in [0.2, 0.25) is 5.91 Å². The molecule has 1 saturated carbocycles. The molecule has 0 aliphatic heterocycles. The van der Waals surface area contributed by atoms with Crippen molar-refractivity contribution in [3.05, 3.63) is 28.3 Å². The highest BCUT2D eigenvalue weighted by Gasteiger charge is 2.23. The van der Waals surface area contributed by atoms with Crippen molar-refractivity contribution in [2.45, 2.75) is 32.2 Å². The largest absolute Gasteiger partial charge is 0.487 e. The van der Waals surface area contributed by atoms with E-state index in [9.17, 15) is 14.9 Å². The van der Waals surface area contributed by atoms with Crippen LogP contribution in [0.4, 0.5) is 11.4 Å². The van der Waals surface area contributed by atoms with Gasteiger partial charge in [-0.3, -0.25) is 14.9 Å². The van der Waals surface area contributed by atoms with Gasteiger partial charge in [0.25, 0.3) is 0 Å². The maximum absolute atomic E-state index is 11.6. The second-order valence-corrected chi connectivity index (χ2v) is 4.86. The van der Waals surface area contributed by atoms with Gasteiger partial charge in [-0.2, -0.15) is 0 Å². The number of rotatable bonds is 8. The monoisotopic (exact) mass is 293 g/mol. The number of amides is 1. The first-order chi connectivity index (χ1) is 10.1. The number of anilines is 1. The van der Waals surface area contributed by atoms with Crippen LogP contribution in [0.3, 0.4) is 0 Å². The van der Waals surface area contributed by atoms with Gasteiger partial charge < -0.3 is 15.4 Å². The number of nitrogens with zero attached hydrogens (tertiary/aromatic N) is 1. The summed E-state index contributed by atoms with van der Waals surface area (Å²) in [5, 5.41) is 17.0. The molecule has 2 rings (SSSR count). The Balaban J connectivity index is 1.96. The van der Waals surface area contributed by atoms with E-state index in [0.717, 1.165) is 12.8 Å². The Morgan fingerprint density at radius 3 is 2.86 bits per heavy atom. The molecule has 7 heteroatoms. The maximum Gasteiger partial charge on any atom is 0.333 e. The van der Waals surface area contributed by atoms with Gasteiger partial charge in [0.1, 0.15) is 5.69 Å². The van der Waals surface area contributed by atoms with Crippen LogP contribution in [0.15, 0.2) is 18.2 Å². The second kappa shape index (κ2) is 6.92. The van der Waals surface area contributed by atoms with Crippen molar-refractivity contribution in [3.8, 4) is 5.75 Å². The average molecular weight is 293 g/mol. The van der Waals surface area contributed by atoms with E-state index in [4.69, 9.17) is 4.74 Å². The zero-order chi connectivity index (χ0) is 15.2. The number of benzene rings is 1. The minimum atomic E-state index is -0.475. The van der Waals surface area contributed by atoms with Crippen molar-refractivity contribution in [3.63, 3.8) is 0 Å². The molecule has 1 aromatic rings. The number of carbonyl (C=O) groups is 1. The number of para-hydroxylation sites is 1. The molecule has 0 heterocycles. The number of nitro benzene ring substituents is 1. The Hall–Kier alpha value is -2.31. The average Bonchev–Trinajstić information content (AvgIpc) is 3.23. The van der Waals surface area contributed by atoms with Crippen molar-refractivity contribution in [1.29, 1.82) is 0 Å². The number of hydrogen-bond donors (Lipinski definition) is 2. The molecule has 1 fully saturated rings. The Morgan fingerprint density at radius 2 is 2.24 bits per heavy atom. The molecule has 1 amide bonds. The summed E-state index contributed by atoms with van der Waals surface area (Å²) in [6.07, 6.45) is 2.37. The SMILES string of the molecule is CCOc1cccc(NCCC(=O)NC2CC2)c1[N+](=O)[O-]. The van der Waals surface area contributed by atoms with Gasteiger partial charge in [0, 0.05) is 19.0 Å². The minimum Gasteiger partial charge on any atom is -0.487 e. The number of nitrogens with one attached hydrogen (secondary N) is 2. The third-order valence-corrected chi connectivity index (χ3v) is 3.09. The van der Waals surface area contributed by atoms with Crippen LogP contribution in [0.25, 0.3) is 0 Å². The van der Waals surface area contributed by atoms with Gasteiger partial charge in [-0.1, -0.05) is 6.07 Å². The molecule has 21 heavy (non-hydrogen) atoms. The second-order valence-electron chi connectivity index (χ2n) is 4.86. The lowest BCUT2D eigenvalue weighted by molar-refractivity contribution is -0.384. The zero-order valence-corrected chi connectivity index (χ0v) is 11.9. The first-order valence-corrected chi connectivity index (χ1v) is 7.05. The molecule has 1 aliphatic carbocycles. The van der Waals surface area contributed by atoms with E-state index in [2.05, 4.69) is 10.6 Å². The van der Waals surface area contributed by atoms with Crippen LogP contribution in [0, 0.1) is 10.1 Å². The van der Waals surface area contributed by atoms with Crippen LogP contribution in [-0.4, -0.2) is 30.0 Å². The Kier molecular flexibility index (Phi) is 4.97. The lowest BCUT2D eigenvalue weighted by Crippen LogP contribution is -2.27. The van der Waals surface area contributed by atoms with Gasteiger partial charge in [-0.15, -0.1) is 0 Å². The fraction of sp³-hybridized carbons (Fsp3) is 0.500. The predicted molar refractivity (Wildman–Crippen MR) is 78.5 cm³/mol. The van der Waals surface area contributed by atoms with Gasteiger partial charge in [0.05, 0.1) is 11.5 Å². The maximum atomic E-state index is 11.6. The number of nitro groups is 1. The predicted octanol–water partition coefficient (Wildman–Crippen LogP) is 2.07. The normalized spacial score (nSPS) is 13.6. The standard InChI is InChI=1S/C14H19N3O4/c1-2-21-12-5-3-4-11(14(12)17(19)20)15-9-8-13(18)16-10-6-7-10/h3-5,10,15H,2,6-9H2,1H3,(H,16,18). The van der Waals surface area contributed by atoms with Crippen LogP contribution in [0.1, 0.15) is 26.2 Å². The van der Waals surface area contributed by atoms with E-state index in [1.54, 1.807) is 25.1 Å². The molecule has 1 aliphatic rings. The molecule has 0 radical (unpaired) electrons. The van der Waals surface area contributed by atoms with Crippen molar-refractivity contribution in [1.82, 2.24) is 5.32 Å². The Morgan fingerprint density at radius 1 is 1.48 bits per heavy atom. The molecule has 0 unspecified atom stereocenters. The highest BCUT2D eigenvalue weighted by atomic mass is 16.6. The smallest absolute Gasteiger partial charge is 0.333 e. The fourth-order valence-corrected chi connectivity index (χ4v) is 1.96. The molecule has 2 N–H and O–H groups in total. The summed E-state index contributed by atoms with van der Waals surface area (Å²) < 4.78 is 5.27. The van der Waals surface area contributed by atoms with Crippen LogP contribution < -0.4 is 15.4 Å². The van der Waals surface area contributed by atoms with Crippen molar-refractivity contribution >= 4 is 17.3 Å². The van der Waals surface area contributed by atoms with Gasteiger partial charge in [-0.25, -0.2) is 0 Å². The van der Waals surface area contributed by atoms with Crippen LogP contribution in [0.2, 0.25) is 0 Å². The Labute approximate surface area is 122 Å². The topological polar surface area (TPSA) is 93.5 Å². The third-order valence-electron chi connectivity index (χ3n) is 3.09. The molecule has 7 nitrogen and oxygen atoms in total. The number of hydrogen-bond acceptors (Lipinski definition) is 5.